The van der Waals surface area contributed by atoms with Gasteiger partial charge in [-0.3, -0.25) is 78.1 Å². The predicted molar refractivity (Wildman–Crippen MR) is 404 cm³/mol. The molecule has 34 nitrogen and oxygen atoms in total. The van der Waals surface area contributed by atoms with E-state index in [1.807, 2.05) is 26.8 Å². The molecule has 0 unspecified atom stereocenters. The van der Waals surface area contributed by atoms with Crippen molar-refractivity contribution in [3.63, 3.8) is 0 Å². The van der Waals surface area contributed by atoms with Gasteiger partial charge >= 0.3 is 0 Å². The highest BCUT2D eigenvalue weighted by Crippen LogP contribution is 2.40. The lowest BCUT2D eigenvalue weighted by molar-refractivity contribution is -0.384. The molecule has 0 atom stereocenters. The third-order valence-electron chi connectivity index (χ3n) is 17.2. The first kappa shape index (κ1) is 83.2. The second-order valence-electron chi connectivity index (χ2n) is 26.9. The third kappa shape index (κ3) is 21.9. The lowest BCUT2D eigenvalue weighted by Crippen LogP contribution is -2.41. The highest BCUT2D eigenvalue weighted by atomic mass is 35.5. The van der Waals surface area contributed by atoms with Crippen molar-refractivity contribution in [1.82, 2.24) is 48.6 Å². The number of pyridine rings is 2. The molecule has 6 heterocycles. The lowest BCUT2D eigenvalue weighted by Gasteiger charge is -2.36. The minimum Gasteiger partial charge on any atom is -0.492 e. The number of carbonyl (C=O) groups is 6. The number of aromatic nitrogens is 10. The maximum absolute atomic E-state index is 13.3. The number of hydrogen-bond acceptors (Lipinski definition) is 22. The molecule has 8 aromatic rings. The second kappa shape index (κ2) is 36.1. The molecule has 0 spiro atoms. The molecule has 0 saturated carbocycles. The van der Waals surface area contributed by atoms with Crippen LogP contribution in [0.4, 0.5) is 29.0 Å². The van der Waals surface area contributed by atoms with Gasteiger partial charge in [0.2, 0.25) is 35.5 Å². The lowest BCUT2D eigenvalue weighted by atomic mass is 10.1. The molecule has 6 amide bonds. The number of nitrogens with two attached hydrogens (primary N) is 5. The number of aryl methyl sites for hydroxylation is 4. The van der Waals surface area contributed by atoms with Gasteiger partial charge in [-0.15, -0.1) is 0 Å². The number of halogens is 1. The summed E-state index contributed by atoms with van der Waals surface area (Å²) in [5.74, 6) is -3.03. The SMILES string of the molecule is CC(C)(C)[Si](C)(C)OCCCOc1cc(C(N)=O)cc([N+](=O)[O-])c1Cl.CCn1nc(C)cc1C(=O)Nc1nc2cc(C(N)=O)cnc2n1C/C=C/CN.CCn1nc(C)cc1C(=O)Nc1nc2cc(C(N)=O)cnc2n1C/C=C/CNc1c(OCCCO[Si](C)(C)C(C)(C)C)cc(C(N)=O)cc1[N+](=O)[O-]. The number of anilines is 3. The number of rotatable bonds is 32. The second-order valence-corrected chi connectivity index (χ2v) is 36.9. The molecule has 0 saturated heterocycles. The molecular weight excluding hydrogens is 1410 g/mol. The Hall–Kier alpha value is -10.8. The van der Waals surface area contributed by atoms with Crippen molar-refractivity contribution in [3.05, 3.63) is 156 Å². The Morgan fingerprint density at radius 3 is 1.36 bits per heavy atom. The minimum absolute atomic E-state index is 0.0244. The Balaban J connectivity index is 0.000000273. The average Bonchev–Trinajstić information content (AvgIpc) is 1.62. The number of allylic oxidation sites excluding steroid dienone is 2. The first-order valence-electron chi connectivity index (χ1n) is 33.5. The van der Waals surface area contributed by atoms with Gasteiger partial charge < -0.3 is 52.3 Å². The van der Waals surface area contributed by atoms with Crippen molar-refractivity contribution >= 4 is 115 Å². The zero-order valence-corrected chi connectivity index (χ0v) is 64.2. The smallest absolute Gasteiger partial charge is 0.296 e. The summed E-state index contributed by atoms with van der Waals surface area (Å²) in [7, 11) is -3.79. The summed E-state index contributed by atoms with van der Waals surface area (Å²) in [6, 6.07) is 11.2. The number of primary amides is 4. The number of nitro groups is 2. The van der Waals surface area contributed by atoms with E-state index in [2.05, 4.69) is 114 Å². The first-order valence-corrected chi connectivity index (χ1v) is 39.6. The van der Waals surface area contributed by atoms with Crippen LogP contribution in [-0.4, -0.2) is 150 Å². The normalized spacial score (nSPS) is 11.8. The topological polar surface area (TPSA) is 489 Å². The summed E-state index contributed by atoms with van der Waals surface area (Å²) in [5.41, 5.74) is 30.4. The van der Waals surface area contributed by atoms with E-state index in [1.54, 1.807) is 61.8 Å². The molecule has 37 heteroatoms. The highest BCUT2D eigenvalue weighted by Gasteiger charge is 2.38. The molecule has 0 aliphatic carbocycles. The molecule has 0 bridgehead atoms. The fourth-order valence-corrected chi connectivity index (χ4v) is 11.9. The Bertz CT molecular complexity index is 4590. The van der Waals surface area contributed by atoms with E-state index in [1.165, 1.54) is 30.6 Å². The Morgan fingerprint density at radius 2 is 0.971 bits per heavy atom. The van der Waals surface area contributed by atoms with Crippen LogP contribution in [-0.2, 0) is 35.0 Å². The van der Waals surface area contributed by atoms with Gasteiger partial charge in [-0.05, 0) is 100 Å². The van der Waals surface area contributed by atoms with Crippen molar-refractivity contribution in [2.75, 3.05) is 55.5 Å². The maximum atomic E-state index is 13.3. The zero-order valence-electron chi connectivity index (χ0n) is 61.4. The van der Waals surface area contributed by atoms with Gasteiger partial charge in [0.15, 0.2) is 38.6 Å². The van der Waals surface area contributed by atoms with Crippen LogP contribution in [0, 0.1) is 34.1 Å². The van der Waals surface area contributed by atoms with E-state index >= 15 is 0 Å². The van der Waals surface area contributed by atoms with Gasteiger partial charge in [0.1, 0.15) is 33.9 Å². The van der Waals surface area contributed by atoms with Crippen molar-refractivity contribution in [2.24, 2.45) is 28.7 Å². The molecule has 0 aliphatic rings. The number of nitro benzene ring substituents is 2. The van der Waals surface area contributed by atoms with Crippen molar-refractivity contribution in [3.8, 4) is 11.5 Å². The first-order chi connectivity index (χ1) is 49.2. The maximum Gasteiger partial charge on any atom is 0.296 e. The van der Waals surface area contributed by atoms with Crippen molar-refractivity contribution in [2.45, 2.75) is 145 Å². The summed E-state index contributed by atoms with van der Waals surface area (Å²) in [4.78, 5) is 112. The molecule has 2 aromatic carbocycles. The molecule has 564 valence electrons. The van der Waals surface area contributed by atoms with Gasteiger partial charge in [-0.1, -0.05) is 77.4 Å². The van der Waals surface area contributed by atoms with Gasteiger partial charge in [0.05, 0.1) is 45.6 Å². The van der Waals surface area contributed by atoms with Crippen LogP contribution in [0.5, 0.6) is 11.5 Å². The average molecular weight is 1510 g/mol. The van der Waals surface area contributed by atoms with Gasteiger partial charge in [-0.2, -0.15) is 10.2 Å². The molecule has 0 fully saturated rings. The summed E-state index contributed by atoms with van der Waals surface area (Å²) in [6.45, 7) is 32.4. The van der Waals surface area contributed by atoms with E-state index in [-0.39, 0.29) is 98.4 Å². The number of nitrogens with zero attached hydrogens (tertiary/aromatic N) is 12. The van der Waals surface area contributed by atoms with Crippen LogP contribution >= 0.6 is 11.6 Å². The number of hydrogen-bond donors (Lipinski definition) is 8. The van der Waals surface area contributed by atoms with Crippen LogP contribution < -0.4 is 54.1 Å². The number of benzene rings is 2. The van der Waals surface area contributed by atoms with Gasteiger partial charge in [0, 0.05) is 101 Å². The monoisotopic (exact) mass is 1500 g/mol. The summed E-state index contributed by atoms with van der Waals surface area (Å²) in [6.07, 6.45) is 10.9. The van der Waals surface area contributed by atoms with Crippen LogP contribution in [0.15, 0.2) is 85.2 Å². The number of nitrogens with one attached hydrogen (secondary N) is 3. The van der Waals surface area contributed by atoms with Crippen LogP contribution in [0.2, 0.25) is 41.3 Å². The zero-order chi connectivity index (χ0) is 78.1. The standard InChI is InChI=1S/C34H46N10O7Si.C18H22N8O2.C16H25ClN2O5Si/c1-8-43-26(16-21(2)41-43)32(47)40-33-39-24-17-23(30(36)46)20-38-31(24)42(33)13-10-9-12-37-28-25(44(48)49)18-22(29(35)45)19-27(28)50-14-11-15-51-52(6,7)34(3,4)5;1-3-26-14(8-11(2)24-26)17(28)23-18-22-13-9-12(15(20)27)10-21-16(13)25(18)7-5-4-6-19;1-16(2,3)25(4,5)24-8-6-7-23-13-10-11(15(18)20)9-12(14(13)17)19(21)22/h9-10,16-20,37H,8,11-15H2,1-7H3,(H2,35,45)(H2,36,46)(H,39,40,47);4-5,8-10H,3,6-7,19H2,1-2H3,(H2,20,27)(H,22,23,28);9-10H,6-8H2,1-5H3,(H2,18,20)/b10-9+;5-4+;. The van der Waals surface area contributed by atoms with Crippen LogP contribution in [0.25, 0.3) is 22.3 Å². The molecule has 105 heavy (non-hydrogen) atoms. The van der Waals surface area contributed by atoms with E-state index in [0.717, 1.165) is 17.8 Å². The third-order valence-corrected chi connectivity index (χ3v) is 26.7. The quantitative estimate of drug-likeness (QED) is 0.00639. The fraction of sp³-hybridized carbons (Fsp3) is 0.412. The number of amides is 6. The molecule has 6 aromatic heterocycles. The van der Waals surface area contributed by atoms with Crippen molar-refractivity contribution in [1.29, 1.82) is 0 Å². The molecule has 13 N–H and O–H groups in total. The predicted octanol–water partition coefficient (Wildman–Crippen LogP) is 9.73. The van der Waals surface area contributed by atoms with Crippen LogP contribution in [0.1, 0.15) is 142 Å². The van der Waals surface area contributed by atoms with E-state index in [4.69, 9.17) is 58.6 Å². The number of carbonyl (C=O) groups excluding carboxylic acids is 6. The van der Waals surface area contributed by atoms with Gasteiger partial charge in [-0.25, -0.2) is 19.9 Å². The van der Waals surface area contributed by atoms with Gasteiger partial charge in [0.25, 0.3) is 23.2 Å². The molecule has 0 aliphatic heterocycles. The molecule has 0 radical (unpaired) electrons. The number of ether oxygens (including phenoxy) is 2. The van der Waals surface area contributed by atoms with E-state index < -0.39 is 61.7 Å². The fourth-order valence-electron chi connectivity index (χ4n) is 9.51. The van der Waals surface area contributed by atoms with Crippen LogP contribution in [0.3, 0.4) is 0 Å². The highest BCUT2D eigenvalue weighted by molar-refractivity contribution is 6.74. The van der Waals surface area contributed by atoms with E-state index in [9.17, 15) is 49.0 Å². The van der Waals surface area contributed by atoms with E-state index in [0.29, 0.717) is 97.6 Å². The Labute approximate surface area is 613 Å². The summed E-state index contributed by atoms with van der Waals surface area (Å²) >= 11 is 5.98. The summed E-state index contributed by atoms with van der Waals surface area (Å²) in [5, 5.41) is 40.4. The minimum atomic E-state index is -1.97. The molecule has 8 rings (SSSR count). The number of fused-ring (bicyclic) bond motifs is 2. The largest absolute Gasteiger partial charge is 0.492 e. The number of imidazole rings is 2. The van der Waals surface area contributed by atoms with Crippen molar-refractivity contribution < 1.29 is 56.9 Å². The molecular formula is C68H93ClN20O14Si2. The Morgan fingerprint density at radius 1 is 0.571 bits per heavy atom. The Kier molecular flexibility index (Phi) is 28.6. The summed E-state index contributed by atoms with van der Waals surface area (Å²) < 4.78 is 30.3.